The van der Waals surface area contributed by atoms with Gasteiger partial charge in [-0.15, -0.1) is 0 Å². The second kappa shape index (κ2) is 7.76. The molecule has 4 nitrogen and oxygen atoms in total. The van der Waals surface area contributed by atoms with Crippen LogP contribution in [0.3, 0.4) is 0 Å². The van der Waals surface area contributed by atoms with E-state index in [4.69, 9.17) is 15.6 Å². The van der Waals surface area contributed by atoms with E-state index in [2.05, 4.69) is 31.9 Å². The second-order valence-corrected chi connectivity index (χ2v) is 5.80. The third kappa shape index (κ3) is 5.37. The van der Waals surface area contributed by atoms with Gasteiger partial charge in [-0.25, -0.2) is 0 Å². The maximum atomic E-state index is 10.6. The lowest BCUT2D eigenvalue weighted by molar-refractivity contribution is -0.138. The summed E-state index contributed by atoms with van der Waals surface area (Å²) in [5.74, 6) is -0.233. The average molecular weight is 381 g/mol. The van der Waals surface area contributed by atoms with Crippen LogP contribution in [0.5, 0.6) is 5.75 Å². The van der Waals surface area contributed by atoms with Crippen LogP contribution in [0.1, 0.15) is 5.56 Å². The van der Waals surface area contributed by atoms with E-state index in [-0.39, 0.29) is 4.83 Å². The smallest absolute Gasteiger partial charge is 0.320 e. The Morgan fingerprint density at radius 2 is 2.00 bits per heavy atom. The van der Waals surface area contributed by atoms with Gasteiger partial charge in [0, 0.05) is 5.33 Å². The van der Waals surface area contributed by atoms with Gasteiger partial charge >= 0.3 is 5.97 Å². The largest absolute Gasteiger partial charge is 0.492 e. The maximum Gasteiger partial charge on any atom is 0.320 e. The fourth-order valence-electron chi connectivity index (χ4n) is 1.29. The summed E-state index contributed by atoms with van der Waals surface area (Å²) in [5.41, 5.74) is 6.34. The highest BCUT2D eigenvalue weighted by Gasteiger charge is 2.11. The van der Waals surface area contributed by atoms with Crippen LogP contribution in [0.4, 0.5) is 0 Å². The van der Waals surface area contributed by atoms with Crippen molar-refractivity contribution in [2.75, 3.05) is 11.9 Å². The van der Waals surface area contributed by atoms with E-state index in [1.807, 2.05) is 24.3 Å². The summed E-state index contributed by atoms with van der Waals surface area (Å²) in [7, 11) is 0. The number of aliphatic carboxylic acids is 1. The first-order valence-corrected chi connectivity index (χ1v) is 7.46. The van der Waals surface area contributed by atoms with Crippen molar-refractivity contribution in [1.29, 1.82) is 0 Å². The molecule has 100 valence electrons. The average Bonchev–Trinajstić information content (AvgIpc) is 2.37. The van der Waals surface area contributed by atoms with Crippen molar-refractivity contribution in [1.82, 2.24) is 0 Å². The van der Waals surface area contributed by atoms with Crippen LogP contribution in [0.25, 0.3) is 0 Å². The van der Waals surface area contributed by atoms with E-state index < -0.39 is 12.0 Å². The SMILES string of the molecule is NC(Cc1ccc(OCC(Br)CBr)cc1)C(=O)O. The zero-order chi connectivity index (χ0) is 13.5. The standard InChI is InChI=1S/C12H15Br2NO3/c13-6-9(14)7-18-10-3-1-8(2-4-10)5-11(15)12(16)17/h1-4,9,11H,5-7,15H2,(H,16,17). The van der Waals surface area contributed by atoms with Crippen LogP contribution < -0.4 is 10.5 Å². The summed E-state index contributed by atoms with van der Waals surface area (Å²) in [6, 6.07) is 6.43. The molecule has 0 aliphatic heterocycles. The molecule has 2 atom stereocenters. The number of hydrogen-bond acceptors (Lipinski definition) is 3. The summed E-state index contributed by atoms with van der Waals surface area (Å²) in [6.45, 7) is 0.569. The van der Waals surface area contributed by atoms with Gasteiger partial charge in [0.05, 0.1) is 4.83 Å². The highest BCUT2D eigenvalue weighted by molar-refractivity contribution is 9.12. The Hall–Kier alpha value is -0.590. The quantitative estimate of drug-likeness (QED) is 0.711. The topological polar surface area (TPSA) is 72.5 Å². The summed E-state index contributed by atoms with van der Waals surface area (Å²) >= 11 is 6.79. The molecule has 0 fully saturated rings. The Labute approximate surface area is 123 Å². The molecule has 1 rings (SSSR count). The highest BCUT2D eigenvalue weighted by Crippen LogP contribution is 2.15. The fourth-order valence-corrected chi connectivity index (χ4v) is 1.61. The Kier molecular flexibility index (Phi) is 6.67. The molecular formula is C12H15Br2NO3. The van der Waals surface area contributed by atoms with Crippen molar-refractivity contribution in [3.63, 3.8) is 0 Å². The van der Waals surface area contributed by atoms with Crippen LogP contribution in [-0.4, -0.2) is 33.9 Å². The molecule has 0 saturated carbocycles. The normalized spacial score (nSPS) is 13.9. The number of rotatable bonds is 7. The number of carboxylic acid groups (broad SMARTS) is 1. The number of halogens is 2. The van der Waals surface area contributed by atoms with Crippen molar-refractivity contribution >= 4 is 37.8 Å². The molecule has 0 aromatic heterocycles. The fraction of sp³-hybridized carbons (Fsp3) is 0.417. The Balaban J connectivity index is 2.49. The van der Waals surface area contributed by atoms with Crippen molar-refractivity contribution in [3.05, 3.63) is 29.8 Å². The number of benzene rings is 1. The lowest BCUT2D eigenvalue weighted by atomic mass is 10.1. The van der Waals surface area contributed by atoms with E-state index in [1.165, 1.54) is 0 Å². The van der Waals surface area contributed by atoms with Gasteiger partial charge in [-0.3, -0.25) is 4.79 Å². The van der Waals surface area contributed by atoms with E-state index in [0.29, 0.717) is 13.0 Å². The third-order valence-electron chi connectivity index (χ3n) is 2.29. The van der Waals surface area contributed by atoms with E-state index >= 15 is 0 Å². The minimum Gasteiger partial charge on any atom is -0.492 e. The number of hydrogen-bond donors (Lipinski definition) is 2. The predicted octanol–water partition coefficient (Wildman–Crippen LogP) is 2.18. The zero-order valence-corrected chi connectivity index (χ0v) is 12.9. The summed E-state index contributed by atoms with van der Waals surface area (Å²) in [4.78, 5) is 10.9. The van der Waals surface area contributed by atoms with Gasteiger partial charge in [0.25, 0.3) is 0 Å². The molecule has 0 saturated heterocycles. The number of carbonyl (C=O) groups is 1. The molecule has 1 aromatic carbocycles. The molecule has 0 aliphatic rings. The van der Waals surface area contributed by atoms with Gasteiger partial charge in [-0.05, 0) is 24.1 Å². The Bertz CT molecular complexity index is 383. The minimum atomic E-state index is -0.991. The van der Waals surface area contributed by atoms with Crippen LogP contribution in [0.15, 0.2) is 24.3 Å². The van der Waals surface area contributed by atoms with Crippen LogP contribution in [-0.2, 0) is 11.2 Å². The molecule has 0 aliphatic carbocycles. The molecule has 6 heteroatoms. The van der Waals surface area contributed by atoms with Gasteiger partial charge in [0.1, 0.15) is 18.4 Å². The predicted molar refractivity (Wildman–Crippen MR) is 77.8 cm³/mol. The Morgan fingerprint density at radius 3 is 2.50 bits per heavy atom. The zero-order valence-electron chi connectivity index (χ0n) is 9.68. The monoisotopic (exact) mass is 379 g/mol. The van der Waals surface area contributed by atoms with Gasteiger partial charge in [-0.2, -0.15) is 0 Å². The summed E-state index contributed by atoms with van der Waals surface area (Å²) in [5, 5.41) is 9.53. The molecule has 0 bridgehead atoms. The van der Waals surface area contributed by atoms with Crippen molar-refractivity contribution in [2.45, 2.75) is 17.3 Å². The number of nitrogens with two attached hydrogens (primary N) is 1. The summed E-state index contributed by atoms with van der Waals surface area (Å²) in [6.07, 6.45) is 0.318. The third-order valence-corrected chi connectivity index (χ3v) is 4.53. The molecule has 0 amide bonds. The van der Waals surface area contributed by atoms with Crippen LogP contribution in [0.2, 0.25) is 0 Å². The molecular weight excluding hydrogens is 366 g/mol. The minimum absolute atomic E-state index is 0.262. The number of ether oxygens (including phenoxy) is 1. The Morgan fingerprint density at radius 1 is 1.39 bits per heavy atom. The second-order valence-electron chi connectivity index (χ2n) is 3.86. The lowest BCUT2D eigenvalue weighted by Crippen LogP contribution is -2.32. The molecule has 3 N–H and O–H groups in total. The van der Waals surface area contributed by atoms with Crippen molar-refractivity contribution < 1.29 is 14.6 Å². The van der Waals surface area contributed by atoms with Gasteiger partial charge < -0.3 is 15.6 Å². The van der Waals surface area contributed by atoms with Crippen LogP contribution in [0, 0.1) is 0 Å². The molecule has 0 radical (unpaired) electrons. The van der Waals surface area contributed by atoms with Gasteiger partial charge in [0.2, 0.25) is 0 Å². The molecule has 2 unspecified atom stereocenters. The van der Waals surface area contributed by atoms with Crippen molar-refractivity contribution in [2.24, 2.45) is 5.73 Å². The molecule has 0 spiro atoms. The maximum absolute atomic E-state index is 10.6. The molecule has 1 aromatic rings. The van der Waals surface area contributed by atoms with E-state index in [1.54, 1.807) is 0 Å². The van der Waals surface area contributed by atoms with E-state index in [0.717, 1.165) is 16.6 Å². The summed E-state index contributed by atoms with van der Waals surface area (Å²) < 4.78 is 5.54. The molecule has 18 heavy (non-hydrogen) atoms. The lowest BCUT2D eigenvalue weighted by Gasteiger charge is -2.10. The van der Waals surface area contributed by atoms with Gasteiger partial charge in [-0.1, -0.05) is 44.0 Å². The molecule has 0 heterocycles. The number of carboxylic acids is 1. The van der Waals surface area contributed by atoms with Gasteiger partial charge in [0.15, 0.2) is 0 Å². The highest BCUT2D eigenvalue weighted by atomic mass is 79.9. The first-order chi connectivity index (χ1) is 8.52. The first-order valence-electron chi connectivity index (χ1n) is 5.43. The van der Waals surface area contributed by atoms with Crippen LogP contribution >= 0.6 is 31.9 Å². The number of alkyl halides is 2. The van der Waals surface area contributed by atoms with Crippen molar-refractivity contribution in [3.8, 4) is 5.75 Å². The van der Waals surface area contributed by atoms with E-state index in [9.17, 15) is 4.79 Å². The first kappa shape index (κ1) is 15.5.